The Kier molecular flexibility index (Phi) is 5.05. The highest BCUT2D eigenvalue weighted by molar-refractivity contribution is 5.60. The van der Waals surface area contributed by atoms with Crippen LogP contribution in [0.3, 0.4) is 0 Å². The predicted molar refractivity (Wildman–Crippen MR) is 77.8 cm³/mol. The van der Waals surface area contributed by atoms with Crippen molar-refractivity contribution in [3.63, 3.8) is 0 Å². The summed E-state index contributed by atoms with van der Waals surface area (Å²) in [4.78, 5) is 42.0. The van der Waals surface area contributed by atoms with Crippen molar-refractivity contribution in [2.45, 2.75) is 48.8 Å². The van der Waals surface area contributed by atoms with Crippen LogP contribution in [-0.2, 0) is 38.1 Å². The lowest BCUT2D eigenvalue weighted by molar-refractivity contribution is -0.769. The Balaban J connectivity index is 1.27. The average molecular weight is 408 g/mol. The van der Waals surface area contributed by atoms with E-state index in [1.807, 2.05) is 0 Å². The molecule has 0 spiro atoms. The topological polar surface area (TPSA) is 177 Å². The van der Waals surface area contributed by atoms with Crippen LogP contribution in [-0.4, -0.2) is 91.6 Å². The monoisotopic (exact) mass is 408 g/mol. The first-order valence-corrected chi connectivity index (χ1v) is 8.38. The second-order valence-electron chi connectivity index (χ2n) is 6.49. The van der Waals surface area contributed by atoms with E-state index >= 15 is 0 Å². The Hall–Kier alpha value is -2.49. The standard InChI is InChI=1S/C13H16N2O13/c16-13(25-5-1-21-11-7(27-14(17)18)3-23-9(5)11)26-6-2-22-12-8(28-15(19)20)4-24-10(6)12/h5-12H,1-4H2/t5-,6-,7-,8-,9-,10-,11-,12-/m1/s1. The molecule has 0 aliphatic carbocycles. The highest BCUT2D eigenvalue weighted by Gasteiger charge is 2.53. The van der Waals surface area contributed by atoms with Gasteiger partial charge in [0, 0.05) is 0 Å². The molecule has 0 amide bonds. The predicted octanol–water partition coefficient (Wildman–Crippen LogP) is -1.37. The van der Waals surface area contributed by atoms with E-state index in [4.69, 9.17) is 28.4 Å². The van der Waals surface area contributed by atoms with E-state index in [2.05, 4.69) is 9.68 Å². The lowest BCUT2D eigenvalue weighted by Gasteiger charge is -2.20. The molecular weight excluding hydrogens is 392 g/mol. The van der Waals surface area contributed by atoms with Crippen LogP contribution in [0.1, 0.15) is 0 Å². The van der Waals surface area contributed by atoms with Gasteiger partial charge in [0.1, 0.15) is 24.4 Å². The Labute approximate surface area is 155 Å². The third-order valence-corrected chi connectivity index (χ3v) is 4.86. The summed E-state index contributed by atoms with van der Waals surface area (Å²) in [6.45, 7) is -0.219. The van der Waals surface area contributed by atoms with E-state index < -0.39 is 65.2 Å². The molecule has 0 aromatic heterocycles. The van der Waals surface area contributed by atoms with E-state index in [9.17, 15) is 25.0 Å². The lowest BCUT2D eigenvalue weighted by atomic mass is 10.1. The van der Waals surface area contributed by atoms with E-state index in [1.54, 1.807) is 0 Å². The summed E-state index contributed by atoms with van der Waals surface area (Å²) >= 11 is 0. The van der Waals surface area contributed by atoms with Gasteiger partial charge in [-0.15, -0.1) is 20.2 Å². The van der Waals surface area contributed by atoms with E-state index in [0.717, 1.165) is 0 Å². The molecule has 8 atom stereocenters. The molecule has 4 aliphatic heterocycles. The van der Waals surface area contributed by atoms with Crippen LogP contribution < -0.4 is 0 Å². The highest BCUT2D eigenvalue weighted by Crippen LogP contribution is 2.33. The van der Waals surface area contributed by atoms with Crippen LogP contribution in [0.2, 0.25) is 0 Å². The molecule has 0 saturated carbocycles. The first-order chi connectivity index (χ1) is 13.4. The molecule has 156 valence electrons. The zero-order chi connectivity index (χ0) is 19.8. The summed E-state index contributed by atoms with van der Waals surface area (Å²) in [5, 5.41) is 19.1. The van der Waals surface area contributed by atoms with Gasteiger partial charge in [-0.3, -0.25) is 0 Å². The molecule has 4 heterocycles. The van der Waals surface area contributed by atoms with Gasteiger partial charge in [-0.1, -0.05) is 0 Å². The van der Waals surface area contributed by atoms with Crippen LogP contribution in [0.4, 0.5) is 4.79 Å². The van der Waals surface area contributed by atoms with Crippen LogP contribution in [0.5, 0.6) is 0 Å². The van der Waals surface area contributed by atoms with Crippen LogP contribution in [0.25, 0.3) is 0 Å². The summed E-state index contributed by atoms with van der Waals surface area (Å²) < 4.78 is 31.9. The van der Waals surface area contributed by atoms with E-state index in [-0.39, 0.29) is 26.4 Å². The number of carbonyl (C=O) groups is 1. The third-order valence-electron chi connectivity index (χ3n) is 4.86. The van der Waals surface area contributed by atoms with Crippen LogP contribution >= 0.6 is 0 Å². The molecule has 4 rings (SSSR count). The number of carbonyl (C=O) groups excluding carboxylic acids is 1. The Morgan fingerprint density at radius 2 is 1.00 bits per heavy atom. The van der Waals surface area contributed by atoms with Crippen molar-refractivity contribution in [2.24, 2.45) is 0 Å². The Morgan fingerprint density at radius 1 is 0.679 bits per heavy atom. The summed E-state index contributed by atoms with van der Waals surface area (Å²) in [7, 11) is 0. The van der Waals surface area contributed by atoms with Gasteiger partial charge in [-0.05, 0) is 0 Å². The maximum absolute atomic E-state index is 12.1. The summed E-state index contributed by atoms with van der Waals surface area (Å²) in [6, 6.07) is 0. The summed E-state index contributed by atoms with van der Waals surface area (Å²) in [5.74, 6) is 0. The number of ether oxygens (including phenoxy) is 6. The molecule has 0 N–H and O–H groups in total. The summed E-state index contributed by atoms with van der Waals surface area (Å²) in [6.07, 6.45) is -7.40. The Bertz CT molecular complexity index is 594. The van der Waals surface area contributed by atoms with E-state index in [0.29, 0.717) is 0 Å². The van der Waals surface area contributed by atoms with Crippen molar-refractivity contribution in [3.05, 3.63) is 20.2 Å². The van der Waals surface area contributed by atoms with E-state index in [1.165, 1.54) is 0 Å². The second-order valence-corrected chi connectivity index (χ2v) is 6.49. The quantitative estimate of drug-likeness (QED) is 0.286. The molecule has 0 radical (unpaired) electrons. The minimum atomic E-state index is -1.03. The van der Waals surface area contributed by atoms with Gasteiger partial charge in [0.15, 0.2) is 24.4 Å². The molecule has 0 aromatic rings. The smallest absolute Gasteiger partial charge is 0.426 e. The van der Waals surface area contributed by atoms with Crippen molar-refractivity contribution in [1.82, 2.24) is 0 Å². The van der Waals surface area contributed by atoms with Crippen molar-refractivity contribution < 1.29 is 53.1 Å². The zero-order valence-electron chi connectivity index (χ0n) is 14.1. The van der Waals surface area contributed by atoms with Gasteiger partial charge in [0.2, 0.25) is 0 Å². The fourth-order valence-corrected chi connectivity index (χ4v) is 3.74. The number of hydrogen-bond donors (Lipinski definition) is 0. The normalized spacial score (nSPS) is 41.1. The van der Waals surface area contributed by atoms with Crippen molar-refractivity contribution in [2.75, 3.05) is 26.4 Å². The molecule has 4 aliphatic rings. The van der Waals surface area contributed by atoms with Crippen molar-refractivity contribution >= 4 is 6.16 Å². The SMILES string of the molecule is O=C(O[C@@H]1CO[C@H]2[C@@H]1OC[C@H]2O[N+](=O)[O-])O[C@@H]1CO[C@H]2[C@@H]1OC[C@H]2O[N+](=O)[O-]. The summed E-state index contributed by atoms with van der Waals surface area (Å²) in [5.41, 5.74) is 0. The fourth-order valence-electron chi connectivity index (χ4n) is 3.74. The van der Waals surface area contributed by atoms with Gasteiger partial charge >= 0.3 is 6.16 Å². The first kappa shape index (κ1) is 18.9. The van der Waals surface area contributed by atoms with Gasteiger partial charge in [0.25, 0.3) is 10.2 Å². The van der Waals surface area contributed by atoms with Crippen LogP contribution in [0, 0.1) is 20.2 Å². The van der Waals surface area contributed by atoms with Gasteiger partial charge in [-0.25, -0.2) is 4.79 Å². The van der Waals surface area contributed by atoms with Crippen molar-refractivity contribution in [3.8, 4) is 0 Å². The third kappa shape index (κ3) is 3.60. The molecule has 28 heavy (non-hydrogen) atoms. The van der Waals surface area contributed by atoms with Gasteiger partial charge in [-0.2, -0.15) is 0 Å². The molecule has 15 nitrogen and oxygen atoms in total. The molecule has 0 bridgehead atoms. The minimum Gasteiger partial charge on any atom is -0.426 e. The van der Waals surface area contributed by atoms with Crippen molar-refractivity contribution in [1.29, 1.82) is 0 Å². The number of fused-ring (bicyclic) bond motifs is 2. The Morgan fingerprint density at radius 3 is 1.36 bits per heavy atom. The number of rotatable bonds is 6. The zero-order valence-corrected chi connectivity index (χ0v) is 14.1. The molecule has 0 unspecified atom stereocenters. The minimum absolute atomic E-state index is 0.0372. The molecule has 4 fully saturated rings. The maximum Gasteiger partial charge on any atom is 0.509 e. The van der Waals surface area contributed by atoms with Gasteiger partial charge < -0.3 is 38.1 Å². The maximum atomic E-state index is 12.1. The molecular formula is C13H16N2O13. The molecule has 15 heteroatoms. The highest BCUT2D eigenvalue weighted by atomic mass is 17.0. The number of hydrogen-bond acceptors (Lipinski definition) is 13. The van der Waals surface area contributed by atoms with Crippen LogP contribution in [0.15, 0.2) is 0 Å². The first-order valence-electron chi connectivity index (χ1n) is 8.38. The lowest BCUT2D eigenvalue weighted by Crippen LogP contribution is -2.38. The van der Waals surface area contributed by atoms with Gasteiger partial charge in [0.05, 0.1) is 26.4 Å². The average Bonchev–Trinajstić information content (AvgIpc) is 3.34. The number of nitrogens with zero attached hydrogens (tertiary/aromatic N) is 2. The molecule has 0 aromatic carbocycles. The fraction of sp³-hybridized carbons (Fsp3) is 0.923. The largest absolute Gasteiger partial charge is 0.509 e. The second kappa shape index (κ2) is 7.50. The molecule has 4 saturated heterocycles.